The van der Waals surface area contributed by atoms with Gasteiger partial charge in [-0.25, -0.2) is 13.6 Å². The van der Waals surface area contributed by atoms with E-state index in [0.29, 0.717) is 11.6 Å². The summed E-state index contributed by atoms with van der Waals surface area (Å²) in [6, 6.07) is 13.1. The number of rotatable bonds is 11. The van der Waals surface area contributed by atoms with E-state index in [4.69, 9.17) is 0 Å². The number of amides is 2. The highest BCUT2D eigenvalue weighted by molar-refractivity contribution is 5.76. The zero-order valence-corrected chi connectivity index (χ0v) is 20.9. The molecule has 0 saturated carbocycles. The highest BCUT2D eigenvalue weighted by atomic mass is 19.4. The number of nitrogens with one attached hydrogen (secondary N) is 2. The summed E-state index contributed by atoms with van der Waals surface area (Å²) < 4.78 is 123. The van der Waals surface area contributed by atoms with Gasteiger partial charge in [-0.15, -0.1) is 0 Å². The van der Waals surface area contributed by atoms with E-state index in [1.54, 1.807) is 30.3 Å². The van der Waals surface area contributed by atoms with Gasteiger partial charge in [0.1, 0.15) is 17.4 Å². The largest absolute Gasteiger partial charge is 0.461 e. The van der Waals surface area contributed by atoms with E-state index in [0.717, 1.165) is 24.3 Å². The predicted octanol–water partition coefficient (Wildman–Crippen LogP) is 6.30. The highest BCUT2D eigenvalue weighted by Gasteiger charge is 2.45. The van der Waals surface area contributed by atoms with Crippen molar-refractivity contribution in [2.75, 3.05) is 6.54 Å². The molecular weight excluding hydrogens is 571 g/mol. The van der Waals surface area contributed by atoms with E-state index in [9.17, 15) is 49.4 Å². The Labute approximate surface area is 227 Å². The van der Waals surface area contributed by atoms with Crippen molar-refractivity contribution in [2.24, 2.45) is 0 Å². The van der Waals surface area contributed by atoms with Gasteiger partial charge in [-0.2, -0.15) is 30.7 Å². The van der Waals surface area contributed by atoms with Crippen LogP contribution in [-0.4, -0.2) is 42.5 Å². The van der Waals surface area contributed by atoms with Crippen LogP contribution in [-0.2, 0) is 12.0 Å². The number of carbonyl (C=O) groups is 1. The molecule has 3 N–H and O–H groups in total. The average Bonchev–Trinajstić information content (AvgIpc) is 2.86. The number of aliphatic hydroxyl groups is 1. The van der Waals surface area contributed by atoms with Crippen LogP contribution in [0.4, 0.5) is 44.3 Å². The van der Waals surface area contributed by atoms with E-state index in [1.807, 2.05) is 0 Å². The number of alkyl halides is 7. The Morgan fingerprint density at radius 2 is 1.49 bits per heavy atom. The first-order valence-corrected chi connectivity index (χ1v) is 11.9. The average molecular weight is 594 g/mol. The van der Waals surface area contributed by atoms with Gasteiger partial charge < -0.3 is 20.5 Å². The van der Waals surface area contributed by atoms with Gasteiger partial charge in [0.15, 0.2) is 0 Å². The molecule has 0 aromatic heterocycles. The van der Waals surface area contributed by atoms with E-state index in [1.165, 1.54) is 12.1 Å². The fraction of sp³-hybridized carbons (Fsp3) is 0.296. The Hall–Kier alpha value is -3.94. The molecule has 3 aromatic carbocycles. The summed E-state index contributed by atoms with van der Waals surface area (Å²) in [6.07, 6.45) is -18.0. The minimum absolute atomic E-state index is 0.0471. The lowest BCUT2D eigenvalue weighted by atomic mass is 9.77. The van der Waals surface area contributed by atoms with Crippen molar-refractivity contribution in [3.63, 3.8) is 0 Å². The topological polar surface area (TPSA) is 70.6 Å². The van der Waals surface area contributed by atoms with Crippen LogP contribution in [0.2, 0.25) is 0 Å². The fourth-order valence-corrected chi connectivity index (χ4v) is 4.05. The number of carbonyl (C=O) groups excluding carboxylic acids is 1. The van der Waals surface area contributed by atoms with Gasteiger partial charge in [-0.05, 0) is 41.0 Å². The number of hydrogen-bond donors (Lipinski definition) is 3. The van der Waals surface area contributed by atoms with Crippen LogP contribution in [0.5, 0.6) is 5.75 Å². The SMILES string of the molecule is O=C(NC[C@@H](O)CC(F)(F)F)N[C@](Cc1ccccc1)(c1ccc(F)cc1)c1cc(F)cc(OC(F)(F)C(F)F)c1. The Morgan fingerprint density at radius 3 is 2.07 bits per heavy atom. The lowest BCUT2D eigenvalue weighted by molar-refractivity contribution is -0.253. The van der Waals surface area contributed by atoms with Gasteiger partial charge in [0.05, 0.1) is 18.1 Å². The van der Waals surface area contributed by atoms with Crippen molar-refractivity contribution < 1.29 is 54.2 Å². The first-order chi connectivity index (χ1) is 19.1. The number of aliphatic hydroxyl groups excluding tert-OH is 1. The van der Waals surface area contributed by atoms with Crippen molar-refractivity contribution in [3.05, 3.63) is 101 Å². The van der Waals surface area contributed by atoms with Crippen LogP contribution in [0.1, 0.15) is 23.1 Å². The summed E-state index contributed by atoms with van der Waals surface area (Å²) in [7, 11) is 0. The zero-order chi connectivity index (χ0) is 30.4. The highest BCUT2D eigenvalue weighted by Crippen LogP contribution is 2.38. The Balaban J connectivity index is 2.13. The van der Waals surface area contributed by atoms with Gasteiger partial charge in [-0.1, -0.05) is 42.5 Å². The van der Waals surface area contributed by atoms with Crippen molar-refractivity contribution >= 4 is 6.03 Å². The third kappa shape index (κ3) is 8.77. The molecule has 0 aliphatic carbocycles. The van der Waals surface area contributed by atoms with Crippen molar-refractivity contribution in [1.29, 1.82) is 0 Å². The minimum atomic E-state index is -5.01. The Bertz CT molecular complexity index is 1310. The maximum absolute atomic E-state index is 14.8. The van der Waals surface area contributed by atoms with E-state index < -0.39 is 66.7 Å². The standard InChI is InChI=1S/C27H23F9N2O3/c28-19-8-6-17(7-9-19)25(13-16-4-2-1-3-5-16,38-24(40)37-15-21(39)14-26(32,33)34)18-10-20(29)12-22(11-18)41-27(35,36)23(30)31/h1-12,21,23,39H,13-15H2,(H2,37,38,40)/t21-,25+/m0/s1. The van der Waals surface area contributed by atoms with E-state index >= 15 is 0 Å². The number of hydrogen-bond acceptors (Lipinski definition) is 3. The molecule has 222 valence electrons. The lowest BCUT2D eigenvalue weighted by Crippen LogP contribution is -2.53. The molecule has 14 heteroatoms. The quantitative estimate of drug-likeness (QED) is 0.228. The van der Waals surface area contributed by atoms with Crippen LogP contribution in [0.25, 0.3) is 0 Å². The predicted molar refractivity (Wildman–Crippen MR) is 129 cm³/mol. The maximum Gasteiger partial charge on any atom is 0.461 e. The van der Waals surface area contributed by atoms with Crippen molar-refractivity contribution in [2.45, 2.75) is 43.2 Å². The summed E-state index contributed by atoms with van der Waals surface area (Å²) in [5.41, 5.74) is -1.78. The van der Waals surface area contributed by atoms with Crippen LogP contribution >= 0.6 is 0 Å². The van der Waals surface area contributed by atoms with E-state index in [2.05, 4.69) is 15.4 Å². The molecule has 0 bridgehead atoms. The number of urea groups is 1. The third-order valence-corrected chi connectivity index (χ3v) is 5.81. The third-order valence-electron chi connectivity index (χ3n) is 5.81. The van der Waals surface area contributed by atoms with Crippen molar-refractivity contribution in [1.82, 2.24) is 10.6 Å². The second-order valence-electron chi connectivity index (χ2n) is 9.02. The van der Waals surface area contributed by atoms with Crippen LogP contribution < -0.4 is 15.4 Å². The van der Waals surface area contributed by atoms with Gasteiger partial charge in [0.25, 0.3) is 0 Å². The molecular formula is C27H23F9N2O3. The van der Waals surface area contributed by atoms with Crippen LogP contribution in [0.15, 0.2) is 72.8 Å². The van der Waals surface area contributed by atoms with E-state index in [-0.39, 0.29) is 17.5 Å². The first kappa shape index (κ1) is 31.6. The molecule has 0 fully saturated rings. The molecule has 0 unspecified atom stereocenters. The maximum atomic E-state index is 14.8. The molecule has 0 aliphatic rings. The molecule has 0 saturated heterocycles. The van der Waals surface area contributed by atoms with Gasteiger partial charge in [0, 0.05) is 19.0 Å². The minimum Gasteiger partial charge on any atom is -0.428 e. The number of benzene rings is 3. The van der Waals surface area contributed by atoms with Gasteiger partial charge >= 0.3 is 24.7 Å². The second kappa shape index (κ2) is 12.7. The molecule has 3 aromatic rings. The first-order valence-electron chi connectivity index (χ1n) is 11.9. The Morgan fingerprint density at radius 1 is 0.854 bits per heavy atom. The summed E-state index contributed by atoms with van der Waals surface area (Å²) in [4.78, 5) is 13.0. The molecule has 0 radical (unpaired) electrons. The smallest absolute Gasteiger partial charge is 0.428 e. The second-order valence-corrected chi connectivity index (χ2v) is 9.02. The zero-order valence-electron chi connectivity index (χ0n) is 20.9. The molecule has 0 spiro atoms. The number of halogens is 9. The molecule has 0 aliphatic heterocycles. The molecule has 2 amide bonds. The van der Waals surface area contributed by atoms with Gasteiger partial charge in [-0.3, -0.25) is 0 Å². The summed E-state index contributed by atoms with van der Waals surface area (Å²) in [5, 5.41) is 14.2. The van der Waals surface area contributed by atoms with Crippen LogP contribution in [0.3, 0.4) is 0 Å². The fourth-order valence-electron chi connectivity index (χ4n) is 4.05. The molecule has 0 heterocycles. The summed E-state index contributed by atoms with van der Waals surface area (Å²) >= 11 is 0. The Kier molecular flexibility index (Phi) is 9.79. The van der Waals surface area contributed by atoms with Crippen LogP contribution in [0, 0.1) is 11.6 Å². The molecule has 3 rings (SSSR count). The molecule has 2 atom stereocenters. The summed E-state index contributed by atoms with van der Waals surface area (Å²) in [6.45, 7) is -0.867. The lowest BCUT2D eigenvalue weighted by Gasteiger charge is -2.37. The van der Waals surface area contributed by atoms with Gasteiger partial charge in [0.2, 0.25) is 0 Å². The summed E-state index contributed by atoms with van der Waals surface area (Å²) in [5.74, 6) is -2.99. The monoisotopic (exact) mass is 594 g/mol. The van der Waals surface area contributed by atoms with Crippen molar-refractivity contribution in [3.8, 4) is 5.75 Å². The number of ether oxygens (including phenoxy) is 1. The normalized spacial score (nSPS) is 14.3. The molecule has 41 heavy (non-hydrogen) atoms. The molecule has 5 nitrogen and oxygen atoms in total.